The Hall–Kier alpha value is -1.68. The second-order valence-electron chi connectivity index (χ2n) is 3.57. The Balaban J connectivity index is 1.96. The fraction of sp³-hybridized carbons (Fsp3) is 0.0769. The van der Waals surface area contributed by atoms with Crippen molar-refractivity contribution in [3.05, 3.63) is 58.7 Å². The number of anilines is 1. The van der Waals surface area contributed by atoms with Crippen molar-refractivity contribution in [2.24, 2.45) is 0 Å². The number of carbonyl (C=O) groups is 1. The van der Waals surface area contributed by atoms with Crippen LogP contribution in [0.2, 0.25) is 0 Å². The second kappa shape index (κ2) is 5.59. The highest BCUT2D eigenvalue weighted by atomic mass is 79.9. The van der Waals surface area contributed by atoms with E-state index in [2.05, 4.69) is 26.2 Å². The molecule has 0 aliphatic carbocycles. The van der Waals surface area contributed by atoms with Gasteiger partial charge in [0.25, 0.3) is 0 Å². The number of benzene rings is 1. The minimum atomic E-state index is -0.0639. The maximum absolute atomic E-state index is 11.7. The standard InChI is InChI=1S/C13H11BrN2O/c14-11-6-4-10(5-7-11)9-13(17)16-12-3-1-2-8-15-12/h1-8H,9H2,(H,15,16,17). The van der Waals surface area contributed by atoms with Crippen molar-refractivity contribution in [2.45, 2.75) is 6.42 Å². The summed E-state index contributed by atoms with van der Waals surface area (Å²) in [5.41, 5.74) is 0.974. The van der Waals surface area contributed by atoms with Gasteiger partial charge in [-0.15, -0.1) is 0 Å². The van der Waals surface area contributed by atoms with Gasteiger partial charge in [-0.1, -0.05) is 34.1 Å². The number of carbonyl (C=O) groups excluding carboxylic acids is 1. The number of hydrogen-bond acceptors (Lipinski definition) is 2. The Kier molecular flexibility index (Phi) is 3.88. The second-order valence-corrected chi connectivity index (χ2v) is 4.48. The fourth-order valence-corrected chi connectivity index (χ4v) is 1.68. The van der Waals surface area contributed by atoms with Gasteiger partial charge in [0.15, 0.2) is 0 Å². The average molecular weight is 291 g/mol. The number of aromatic nitrogens is 1. The summed E-state index contributed by atoms with van der Waals surface area (Å²) in [5, 5.41) is 2.74. The predicted octanol–water partition coefficient (Wildman–Crippen LogP) is 3.03. The fourth-order valence-electron chi connectivity index (χ4n) is 1.41. The summed E-state index contributed by atoms with van der Waals surface area (Å²) in [4.78, 5) is 15.7. The highest BCUT2D eigenvalue weighted by Gasteiger charge is 2.04. The lowest BCUT2D eigenvalue weighted by Gasteiger charge is -2.04. The maximum Gasteiger partial charge on any atom is 0.229 e. The molecule has 0 radical (unpaired) electrons. The zero-order chi connectivity index (χ0) is 12.1. The molecule has 1 N–H and O–H groups in total. The van der Waals surface area contributed by atoms with Crippen molar-refractivity contribution >= 4 is 27.7 Å². The van der Waals surface area contributed by atoms with Gasteiger partial charge in [0, 0.05) is 10.7 Å². The molecule has 0 saturated heterocycles. The van der Waals surface area contributed by atoms with Crippen molar-refractivity contribution in [1.29, 1.82) is 0 Å². The molecule has 2 rings (SSSR count). The molecule has 1 amide bonds. The van der Waals surface area contributed by atoms with E-state index in [-0.39, 0.29) is 5.91 Å². The van der Waals surface area contributed by atoms with E-state index in [0.29, 0.717) is 12.2 Å². The molecule has 0 aliphatic rings. The van der Waals surface area contributed by atoms with E-state index in [0.717, 1.165) is 10.0 Å². The number of amides is 1. The van der Waals surface area contributed by atoms with Crippen LogP contribution < -0.4 is 5.32 Å². The summed E-state index contributed by atoms with van der Waals surface area (Å²) in [6.45, 7) is 0. The molecular weight excluding hydrogens is 280 g/mol. The summed E-state index contributed by atoms with van der Waals surface area (Å²) in [7, 11) is 0. The molecule has 0 atom stereocenters. The molecule has 1 aromatic carbocycles. The number of nitrogens with zero attached hydrogens (tertiary/aromatic N) is 1. The lowest BCUT2D eigenvalue weighted by molar-refractivity contribution is -0.115. The molecule has 1 heterocycles. The first kappa shape index (κ1) is 11.8. The molecule has 3 nitrogen and oxygen atoms in total. The third kappa shape index (κ3) is 3.67. The van der Waals surface area contributed by atoms with Crippen molar-refractivity contribution < 1.29 is 4.79 Å². The Morgan fingerprint density at radius 3 is 2.59 bits per heavy atom. The van der Waals surface area contributed by atoms with E-state index in [1.807, 2.05) is 36.4 Å². The van der Waals surface area contributed by atoms with Crippen molar-refractivity contribution in [2.75, 3.05) is 5.32 Å². The predicted molar refractivity (Wildman–Crippen MR) is 70.7 cm³/mol. The van der Waals surface area contributed by atoms with Crippen LogP contribution in [0.3, 0.4) is 0 Å². The largest absolute Gasteiger partial charge is 0.310 e. The van der Waals surface area contributed by atoms with E-state index < -0.39 is 0 Å². The molecule has 86 valence electrons. The SMILES string of the molecule is O=C(Cc1ccc(Br)cc1)Nc1ccccn1. The van der Waals surface area contributed by atoms with E-state index >= 15 is 0 Å². The van der Waals surface area contributed by atoms with Crippen molar-refractivity contribution in [3.8, 4) is 0 Å². The van der Waals surface area contributed by atoms with Crippen LogP contribution in [0.4, 0.5) is 5.82 Å². The topological polar surface area (TPSA) is 42.0 Å². The van der Waals surface area contributed by atoms with Crippen LogP contribution in [-0.4, -0.2) is 10.9 Å². The zero-order valence-corrected chi connectivity index (χ0v) is 10.6. The van der Waals surface area contributed by atoms with Gasteiger partial charge >= 0.3 is 0 Å². The first-order chi connectivity index (χ1) is 8.24. The summed E-state index contributed by atoms with van der Waals surface area (Å²) >= 11 is 3.35. The molecule has 2 aromatic rings. The van der Waals surface area contributed by atoms with Gasteiger partial charge in [0.05, 0.1) is 6.42 Å². The Morgan fingerprint density at radius 1 is 1.18 bits per heavy atom. The normalized spacial score (nSPS) is 9.94. The molecule has 0 spiro atoms. The lowest BCUT2D eigenvalue weighted by atomic mass is 10.1. The molecule has 0 bridgehead atoms. The van der Waals surface area contributed by atoms with Gasteiger partial charge in [-0.25, -0.2) is 4.98 Å². The number of hydrogen-bond donors (Lipinski definition) is 1. The molecule has 4 heteroatoms. The van der Waals surface area contributed by atoms with Crippen LogP contribution in [0.1, 0.15) is 5.56 Å². The van der Waals surface area contributed by atoms with Gasteiger partial charge in [0.1, 0.15) is 5.82 Å². The third-order valence-electron chi connectivity index (χ3n) is 2.21. The van der Waals surface area contributed by atoms with E-state index in [1.165, 1.54) is 0 Å². The van der Waals surface area contributed by atoms with Gasteiger partial charge in [-0.05, 0) is 29.8 Å². The van der Waals surface area contributed by atoms with Crippen LogP contribution in [0.15, 0.2) is 53.1 Å². The smallest absolute Gasteiger partial charge is 0.229 e. The number of pyridine rings is 1. The van der Waals surface area contributed by atoms with Gasteiger partial charge < -0.3 is 5.32 Å². The van der Waals surface area contributed by atoms with Crippen LogP contribution in [0.5, 0.6) is 0 Å². The van der Waals surface area contributed by atoms with Crippen molar-refractivity contribution in [3.63, 3.8) is 0 Å². The number of nitrogens with one attached hydrogen (secondary N) is 1. The molecule has 1 aromatic heterocycles. The van der Waals surface area contributed by atoms with Crippen LogP contribution in [0.25, 0.3) is 0 Å². The minimum Gasteiger partial charge on any atom is -0.310 e. The highest BCUT2D eigenvalue weighted by Crippen LogP contribution is 2.11. The first-order valence-corrected chi connectivity index (χ1v) is 5.99. The van der Waals surface area contributed by atoms with Gasteiger partial charge in [-0.2, -0.15) is 0 Å². The van der Waals surface area contributed by atoms with E-state index in [9.17, 15) is 4.79 Å². The quantitative estimate of drug-likeness (QED) is 0.944. The summed E-state index contributed by atoms with van der Waals surface area (Å²) in [6.07, 6.45) is 2.00. The molecule has 0 fully saturated rings. The lowest BCUT2D eigenvalue weighted by Crippen LogP contribution is -2.15. The van der Waals surface area contributed by atoms with Gasteiger partial charge in [0.2, 0.25) is 5.91 Å². The summed E-state index contributed by atoms with van der Waals surface area (Å²) in [6, 6.07) is 13.1. The minimum absolute atomic E-state index is 0.0639. The zero-order valence-electron chi connectivity index (χ0n) is 9.06. The molecule has 0 aliphatic heterocycles. The van der Waals surface area contributed by atoms with Crippen LogP contribution in [0, 0.1) is 0 Å². The van der Waals surface area contributed by atoms with Crippen molar-refractivity contribution in [1.82, 2.24) is 4.98 Å². The van der Waals surface area contributed by atoms with Crippen LogP contribution >= 0.6 is 15.9 Å². The molecule has 0 saturated carbocycles. The summed E-state index contributed by atoms with van der Waals surface area (Å²) in [5.74, 6) is 0.514. The number of halogens is 1. The Morgan fingerprint density at radius 2 is 1.94 bits per heavy atom. The average Bonchev–Trinajstić information content (AvgIpc) is 2.33. The van der Waals surface area contributed by atoms with E-state index in [4.69, 9.17) is 0 Å². The van der Waals surface area contributed by atoms with Gasteiger partial charge in [-0.3, -0.25) is 4.79 Å². The monoisotopic (exact) mass is 290 g/mol. The molecular formula is C13H11BrN2O. The van der Waals surface area contributed by atoms with Crippen LogP contribution in [-0.2, 0) is 11.2 Å². The Bertz CT molecular complexity index is 497. The first-order valence-electron chi connectivity index (χ1n) is 5.19. The maximum atomic E-state index is 11.7. The number of rotatable bonds is 3. The Labute approximate surface area is 108 Å². The van der Waals surface area contributed by atoms with E-state index in [1.54, 1.807) is 12.3 Å². The molecule has 17 heavy (non-hydrogen) atoms. The third-order valence-corrected chi connectivity index (χ3v) is 2.74. The summed E-state index contributed by atoms with van der Waals surface area (Å²) < 4.78 is 1.01. The molecule has 0 unspecified atom stereocenters. The highest BCUT2D eigenvalue weighted by molar-refractivity contribution is 9.10.